The first-order valence-electron chi connectivity index (χ1n) is 6.80. The predicted octanol–water partition coefficient (Wildman–Crippen LogP) is 2.09. The lowest BCUT2D eigenvalue weighted by Gasteiger charge is -2.19. The van der Waals surface area contributed by atoms with Crippen LogP contribution in [0, 0.1) is 6.92 Å². The van der Waals surface area contributed by atoms with Crippen molar-refractivity contribution in [3.63, 3.8) is 0 Å². The number of hydrogen-bond acceptors (Lipinski definition) is 4. The van der Waals surface area contributed by atoms with Crippen molar-refractivity contribution in [3.05, 3.63) is 41.7 Å². The summed E-state index contributed by atoms with van der Waals surface area (Å²) in [5, 5.41) is 7.87. The SMILES string of the molecule is CCCn1nccc1C(NCC)c1ccnc(C)n1. The molecule has 0 aliphatic heterocycles. The van der Waals surface area contributed by atoms with Crippen LogP contribution in [0.5, 0.6) is 0 Å². The second-order valence-corrected chi connectivity index (χ2v) is 4.50. The summed E-state index contributed by atoms with van der Waals surface area (Å²) in [5.74, 6) is 0.793. The van der Waals surface area contributed by atoms with E-state index in [2.05, 4.69) is 40.3 Å². The van der Waals surface area contributed by atoms with Crippen LogP contribution in [0.15, 0.2) is 24.5 Å². The zero-order valence-corrected chi connectivity index (χ0v) is 11.8. The van der Waals surface area contributed by atoms with Crippen molar-refractivity contribution in [1.29, 1.82) is 0 Å². The Balaban J connectivity index is 2.36. The minimum absolute atomic E-state index is 0.0701. The van der Waals surface area contributed by atoms with Gasteiger partial charge in [0.1, 0.15) is 5.82 Å². The van der Waals surface area contributed by atoms with Crippen molar-refractivity contribution in [1.82, 2.24) is 25.1 Å². The van der Waals surface area contributed by atoms with Gasteiger partial charge in [-0.15, -0.1) is 0 Å². The number of nitrogens with one attached hydrogen (secondary N) is 1. The number of rotatable bonds is 6. The molecule has 2 rings (SSSR count). The minimum Gasteiger partial charge on any atom is -0.304 e. The molecule has 0 aliphatic carbocycles. The summed E-state index contributed by atoms with van der Waals surface area (Å²) < 4.78 is 2.05. The van der Waals surface area contributed by atoms with Gasteiger partial charge in [0.05, 0.1) is 17.4 Å². The molecule has 0 aliphatic rings. The van der Waals surface area contributed by atoms with E-state index in [-0.39, 0.29) is 6.04 Å². The van der Waals surface area contributed by atoms with Gasteiger partial charge < -0.3 is 5.32 Å². The molecule has 19 heavy (non-hydrogen) atoms. The molecular formula is C14H21N5. The van der Waals surface area contributed by atoms with Crippen molar-refractivity contribution in [2.45, 2.75) is 39.8 Å². The molecule has 2 aromatic rings. The molecule has 0 spiro atoms. The summed E-state index contributed by atoms with van der Waals surface area (Å²) in [7, 11) is 0. The van der Waals surface area contributed by atoms with Crippen LogP contribution in [0.25, 0.3) is 0 Å². The van der Waals surface area contributed by atoms with Crippen LogP contribution in [-0.2, 0) is 6.54 Å². The summed E-state index contributed by atoms with van der Waals surface area (Å²) in [5.41, 5.74) is 2.15. The van der Waals surface area contributed by atoms with Gasteiger partial charge in [0.15, 0.2) is 0 Å². The van der Waals surface area contributed by atoms with Crippen molar-refractivity contribution >= 4 is 0 Å². The normalized spacial score (nSPS) is 12.6. The van der Waals surface area contributed by atoms with Gasteiger partial charge in [-0.2, -0.15) is 5.10 Å². The lowest BCUT2D eigenvalue weighted by Crippen LogP contribution is -2.26. The Labute approximate surface area is 114 Å². The van der Waals surface area contributed by atoms with Gasteiger partial charge in [0.2, 0.25) is 0 Å². The van der Waals surface area contributed by atoms with E-state index >= 15 is 0 Å². The van der Waals surface area contributed by atoms with Crippen molar-refractivity contribution < 1.29 is 0 Å². The minimum atomic E-state index is 0.0701. The third-order valence-corrected chi connectivity index (χ3v) is 2.98. The molecule has 1 N–H and O–H groups in total. The Morgan fingerprint density at radius 1 is 1.26 bits per heavy atom. The zero-order valence-electron chi connectivity index (χ0n) is 11.8. The average molecular weight is 259 g/mol. The number of aryl methyl sites for hydroxylation is 2. The van der Waals surface area contributed by atoms with E-state index in [0.29, 0.717) is 0 Å². The van der Waals surface area contributed by atoms with Gasteiger partial charge in [-0.3, -0.25) is 4.68 Å². The Morgan fingerprint density at radius 2 is 2.11 bits per heavy atom. The average Bonchev–Trinajstić information content (AvgIpc) is 2.84. The molecule has 0 saturated carbocycles. The molecular weight excluding hydrogens is 238 g/mol. The van der Waals surface area contributed by atoms with E-state index < -0.39 is 0 Å². The predicted molar refractivity (Wildman–Crippen MR) is 74.8 cm³/mol. The third-order valence-electron chi connectivity index (χ3n) is 2.98. The summed E-state index contributed by atoms with van der Waals surface area (Å²) >= 11 is 0. The van der Waals surface area contributed by atoms with Gasteiger partial charge in [0.25, 0.3) is 0 Å². The van der Waals surface area contributed by atoms with E-state index in [1.165, 1.54) is 0 Å². The fourth-order valence-corrected chi connectivity index (χ4v) is 2.19. The summed E-state index contributed by atoms with van der Waals surface area (Å²) in [6.45, 7) is 7.97. The molecule has 1 atom stereocenters. The fraction of sp³-hybridized carbons (Fsp3) is 0.500. The standard InChI is InChI=1S/C14H21N5/c1-4-10-19-13(7-9-17-19)14(15-5-2)12-6-8-16-11(3)18-12/h6-9,14-15H,4-5,10H2,1-3H3. The number of nitrogens with zero attached hydrogens (tertiary/aromatic N) is 4. The van der Waals surface area contributed by atoms with Gasteiger partial charge >= 0.3 is 0 Å². The Kier molecular flexibility index (Phi) is 4.63. The van der Waals surface area contributed by atoms with E-state index in [0.717, 1.165) is 36.7 Å². The molecule has 102 valence electrons. The molecule has 0 saturated heterocycles. The molecule has 0 aromatic carbocycles. The lowest BCUT2D eigenvalue weighted by atomic mass is 10.1. The first-order chi connectivity index (χ1) is 9.26. The fourth-order valence-electron chi connectivity index (χ4n) is 2.19. The second kappa shape index (κ2) is 6.43. The second-order valence-electron chi connectivity index (χ2n) is 4.50. The molecule has 0 bridgehead atoms. The summed E-state index contributed by atoms with van der Waals surface area (Å²) in [6, 6.07) is 4.09. The molecule has 1 unspecified atom stereocenters. The van der Waals surface area contributed by atoms with Crippen molar-refractivity contribution in [3.8, 4) is 0 Å². The Bertz CT molecular complexity index is 520. The first kappa shape index (κ1) is 13.7. The summed E-state index contributed by atoms with van der Waals surface area (Å²) in [4.78, 5) is 8.70. The monoisotopic (exact) mass is 259 g/mol. The maximum Gasteiger partial charge on any atom is 0.125 e. The van der Waals surface area contributed by atoms with Crippen LogP contribution in [-0.4, -0.2) is 26.3 Å². The highest BCUT2D eigenvalue weighted by Crippen LogP contribution is 2.20. The van der Waals surface area contributed by atoms with Crippen LogP contribution in [0.4, 0.5) is 0 Å². The topological polar surface area (TPSA) is 55.6 Å². The summed E-state index contributed by atoms with van der Waals surface area (Å²) in [6.07, 6.45) is 4.72. The van der Waals surface area contributed by atoms with Crippen LogP contribution >= 0.6 is 0 Å². The van der Waals surface area contributed by atoms with Crippen molar-refractivity contribution in [2.24, 2.45) is 0 Å². The van der Waals surface area contributed by atoms with Gasteiger partial charge in [-0.05, 0) is 32.0 Å². The molecule has 2 aromatic heterocycles. The van der Waals surface area contributed by atoms with Gasteiger partial charge in [0, 0.05) is 18.9 Å². The van der Waals surface area contributed by atoms with Crippen LogP contribution in [0.1, 0.15) is 43.5 Å². The quantitative estimate of drug-likeness (QED) is 0.863. The maximum atomic E-state index is 4.53. The number of hydrogen-bond donors (Lipinski definition) is 1. The largest absolute Gasteiger partial charge is 0.304 e. The van der Waals surface area contributed by atoms with E-state index in [1.54, 1.807) is 0 Å². The van der Waals surface area contributed by atoms with Gasteiger partial charge in [-0.25, -0.2) is 9.97 Å². The van der Waals surface area contributed by atoms with Crippen LogP contribution in [0.3, 0.4) is 0 Å². The van der Waals surface area contributed by atoms with Crippen molar-refractivity contribution in [2.75, 3.05) is 6.54 Å². The molecule has 5 heteroatoms. The Hall–Kier alpha value is -1.75. The van der Waals surface area contributed by atoms with E-state index in [1.807, 2.05) is 30.1 Å². The molecule has 5 nitrogen and oxygen atoms in total. The smallest absolute Gasteiger partial charge is 0.125 e. The Morgan fingerprint density at radius 3 is 2.79 bits per heavy atom. The molecule has 0 amide bonds. The highest BCUT2D eigenvalue weighted by atomic mass is 15.3. The lowest BCUT2D eigenvalue weighted by molar-refractivity contribution is 0.513. The number of aromatic nitrogens is 4. The van der Waals surface area contributed by atoms with Crippen LogP contribution in [0.2, 0.25) is 0 Å². The van der Waals surface area contributed by atoms with Gasteiger partial charge in [-0.1, -0.05) is 13.8 Å². The van der Waals surface area contributed by atoms with Crippen LogP contribution < -0.4 is 5.32 Å². The first-order valence-corrected chi connectivity index (χ1v) is 6.80. The molecule has 0 radical (unpaired) electrons. The third kappa shape index (κ3) is 3.17. The van der Waals surface area contributed by atoms with E-state index in [9.17, 15) is 0 Å². The highest BCUT2D eigenvalue weighted by molar-refractivity contribution is 5.21. The van der Waals surface area contributed by atoms with E-state index in [4.69, 9.17) is 0 Å². The zero-order chi connectivity index (χ0) is 13.7. The molecule has 2 heterocycles. The maximum absolute atomic E-state index is 4.53. The highest BCUT2D eigenvalue weighted by Gasteiger charge is 2.18. The molecule has 0 fully saturated rings.